The number of hydrogen-bond acceptors (Lipinski definition) is 10. The van der Waals surface area contributed by atoms with Crippen LogP contribution in [0, 0.1) is 5.41 Å². The van der Waals surface area contributed by atoms with E-state index in [9.17, 15) is 32.8 Å². The second kappa shape index (κ2) is 17.5. The number of aromatic amines is 1. The Bertz CT molecular complexity index is 2270. The maximum Gasteiger partial charge on any atom is 0.262 e. The Hall–Kier alpha value is -5.45. The largest absolute Gasteiger partial charge is 0.357 e. The van der Waals surface area contributed by atoms with Crippen LogP contribution in [0.5, 0.6) is 0 Å². The fourth-order valence-electron chi connectivity index (χ4n) is 10.1. The van der Waals surface area contributed by atoms with Gasteiger partial charge >= 0.3 is 0 Å². The van der Waals surface area contributed by atoms with Crippen molar-refractivity contribution in [2.24, 2.45) is 15.4 Å². The molecule has 0 radical (unpaired) electrons. The fraction of sp³-hybridized carbons (Fsp3) is 0.489. The molecular weight excluding hydrogens is 785 g/mol. The molecule has 6 heterocycles. The number of carbonyl (C=O) groups is 5. The third kappa shape index (κ3) is 8.32. The Labute approximate surface area is 353 Å². The van der Waals surface area contributed by atoms with Gasteiger partial charge in [-0.25, -0.2) is 8.78 Å². The minimum absolute atomic E-state index is 0.0230. The smallest absolute Gasteiger partial charge is 0.262 e. The van der Waals surface area contributed by atoms with Crippen LogP contribution in [0.15, 0.2) is 58.2 Å². The predicted octanol–water partition coefficient (Wildman–Crippen LogP) is 4.40. The molecule has 3 aromatic rings. The number of nitrogens with zero attached hydrogens (tertiary/aromatic N) is 6. The highest BCUT2D eigenvalue weighted by molar-refractivity contribution is 6.23. The minimum atomic E-state index is -2.51. The summed E-state index contributed by atoms with van der Waals surface area (Å²) in [6.45, 7) is 8.96. The predicted molar refractivity (Wildman–Crippen MR) is 227 cm³/mol. The zero-order valence-corrected chi connectivity index (χ0v) is 34.7. The van der Waals surface area contributed by atoms with Crippen LogP contribution in [-0.2, 0) is 33.9 Å². The van der Waals surface area contributed by atoms with Gasteiger partial charge in [-0.2, -0.15) is 0 Å². The molecule has 0 spiro atoms. The molecule has 322 valence electrons. The van der Waals surface area contributed by atoms with Gasteiger partial charge in [0.2, 0.25) is 17.7 Å². The van der Waals surface area contributed by atoms with E-state index in [2.05, 4.69) is 33.4 Å². The molecule has 2 saturated heterocycles. The second-order valence-corrected chi connectivity index (χ2v) is 17.2. The van der Waals surface area contributed by atoms with E-state index in [1.807, 2.05) is 46.9 Å². The Morgan fingerprint density at radius 2 is 1.75 bits per heavy atom. The van der Waals surface area contributed by atoms with Crippen LogP contribution in [0.4, 0.5) is 8.78 Å². The van der Waals surface area contributed by atoms with Crippen LogP contribution in [-0.4, -0.2) is 132 Å². The monoisotopic (exact) mass is 837 g/mol. The first kappa shape index (κ1) is 42.2. The summed E-state index contributed by atoms with van der Waals surface area (Å²) in [4.78, 5) is 83.8. The van der Waals surface area contributed by atoms with Gasteiger partial charge in [0.15, 0.2) is 0 Å². The molecule has 0 bridgehead atoms. The molecule has 5 aliphatic rings. The Balaban J connectivity index is 0.890. The van der Waals surface area contributed by atoms with Crippen molar-refractivity contribution in [2.45, 2.75) is 89.5 Å². The van der Waals surface area contributed by atoms with Crippen molar-refractivity contribution in [3.63, 3.8) is 0 Å². The van der Waals surface area contributed by atoms with Crippen LogP contribution in [0.1, 0.15) is 94.6 Å². The average molecular weight is 838 g/mol. The number of para-hydroxylation sites is 1. The first-order chi connectivity index (χ1) is 29.4. The van der Waals surface area contributed by atoms with Crippen molar-refractivity contribution in [1.82, 2.24) is 35.2 Å². The molecule has 61 heavy (non-hydrogen) atoms. The van der Waals surface area contributed by atoms with E-state index in [0.29, 0.717) is 44.7 Å². The number of benzene rings is 2. The first-order valence-corrected chi connectivity index (χ1v) is 21.2. The number of nitrogens with one attached hydrogen (secondary N) is 3. The van der Waals surface area contributed by atoms with Gasteiger partial charge in [0, 0.05) is 79.8 Å². The molecule has 3 N–H and O–H groups in total. The summed E-state index contributed by atoms with van der Waals surface area (Å²) in [6, 6.07) is 9.79. The molecule has 2 unspecified atom stereocenters. The SMILES string of the molecule is C=N/C=C(\C=NCCC1(CCNC)CCN(C(=O)CN2Cc3cc4c(cc3C2)C(=O)N(C2CCC(=O)NC2=O)C4=O)CC1)C1c2[nH]c3ccccc3c2C[C@@H](C)N1CC(F)F. The van der Waals surface area contributed by atoms with E-state index < -0.39 is 42.1 Å². The van der Waals surface area contributed by atoms with E-state index in [-0.39, 0.29) is 54.4 Å². The molecule has 1 aromatic heterocycles. The van der Waals surface area contributed by atoms with Crippen molar-refractivity contribution < 1.29 is 32.8 Å². The van der Waals surface area contributed by atoms with E-state index in [1.165, 1.54) is 0 Å². The van der Waals surface area contributed by atoms with Gasteiger partial charge in [0.1, 0.15) is 6.04 Å². The van der Waals surface area contributed by atoms with E-state index in [0.717, 1.165) is 70.4 Å². The lowest BCUT2D eigenvalue weighted by atomic mass is 9.73. The maximum atomic E-state index is 14.0. The summed E-state index contributed by atoms with van der Waals surface area (Å²) < 4.78 is 28.0. The third-order valence-corrected chi connectivity index (χ3v) is 13.4. The molecule has 8 rings (SSSR count). The van der Waals surface area contributed by atoms with Gasteiger partial charge in [-0.1, -0.05) is 18.2 Å². The number of imide groups is 2. The quantitative estimate of drug-likeness (QED) is 0.159. The molecule has 0 saturated carbocycles. The first-order valence-electron chi connectivity index (χ1n) is 21.2. The maximum absolute atomic E-state index is 14.0. The summed E-state index contributed by atoms with van der Waals surface area (Å²) in [7, 11) is 1.93. The number of amides is 5. The second-order valence-electron chi connectivity index (χ2n) is 17.2. The molecule has 16 heteroatoms. The summed E-state index contributed by atoms with van der Waals surface area (Å²) >= 11 is 0. The number of alkyl halides is 2. The van der Waals surface area contributed by atoms with Crippen molar-refractivity contribution in [3.8, 4) is 0 Å². The number of piperidine rings is 2. The molecule has 2 fully saturated rings. The number of H-pyrrole nitrogens is 1. The lowest BCUT2D eigenvalue weighted by Gasteiger charge is -2.42. The number of hydrogen-bond donors (Lipinski definition) is 3. The standard InChI is InChI=1S/C45H53F2N9O5/c1-27-18-32-31-6-4-5-7-35(31)51-40(32)41(55(27)25-37(46)47)30(21-49-3)22-50-15-11-45(10-14-48-2)12-16-54(17-13-45)39(58)26-53-23-28-19-33-34(20-29(28)24-53)44(61)56(43(33)60)36-8-9-38(57)52-42(36)59/h4-7,19-22,27,36-37,41,48,51H,3,8-18,23-26H2,1-2H3,(H,52,57,59)/b30-21+,50-22?/t27-,36?,41?/m1/s1. The number of likely N-dealkylation sites (tertiary alicyclic amines) is 1. The van der Waals surface area contributed by atoms with Crippen LogP contribution in [0.25, 0.3) is 10.9 Å². The van der Waals surface area contributed by atoms with Gasteiger partial charge in [0.25, 0.3) is 18.2 Å². The highest BCUT2D eigenvalue weighted by Gasteiger charge is 2.46. The lowest BCUT2D eigenvalue weighted by Crippen LogP contribution is -2.54. The van der Waals surface area contributed by atoms with Gasteiger partial charge in [-0.05, 0) is 106 Å². The molecular formula is C45H53F2N9O5. The molecule has 5 aliphatic heterocycles. The van der Waals surface area contributed by atoms with Crippen LogP contribution in [0.3, 0.4) is 0 Å². The van der Waals surface area contributed by atoms with E-state index in [4.69, 9.17) is 4.99 Å². The molecule has 5 amide bonds. The van der Waals surface area contributed by atoms with Gasteiger partial charge < -0.3 is 15.2 Å². The number of aliphatic imine (C=N–C) groups is 2. The molecule has 2 aromatic carbocycles. The molecule has 14 nitrogen and oxygen atoms in total. The highest BCUT2D eigenvalue weighted by Crippen LogP contribution is 2.42. The number of rotatable bonds is 14. The topological polar surface area (TPSA) is 163 Å². The van der Waals surface area contributed by atoms with Gasteiger partial charge in [-0.15, -0.1) is 0 Å². The molecule has 0 aliphatic carbocycles. The van der Waals surface area contributed by atoms with Gasteiger partial charge in [0.05, 0.1) is 30.3 Å². The highest BCUT2D eigenvalue weighted by atomic mass is 19.3. The summed E-state index contributed by atoms with van der Waals surface area (Å²) in [6.07, 6.45) is 5.04. The summed E-state index contributed by atoms with van der Waals surface area (Å²) in [5, 5.41) is 6.61. The zero-order chi connectivity index (χ0) is 43.0. The van der Waals surface area contributed by atoms with Crippen molar-refractivity contribution in [3.05, 3.63) is 81.7 Å². The third-order valence-electron chi connectivity index (χ3n) is 13.4. The Kier molecular flexibility index (Phi) is 12.1. The fourth-order valence-corrected chi connectivity index (χ4v) is 10.1. The Morgan fingerprint density at radius 1 is 1.05 bits per heavy atom. The summed E-state index contributed by atoms with van der Waals surface area (Å²) in [5.41, 5.74) is 5.84. The number of halogens is 2. The van der Waals surface area contributed by atoms with E-state index >= 15 is 0 Å². The van der Waals surface area contributed by atoms with Crippen LogP contribution in [0.2, 0.25) is 0 Å². The molecule has 3 atom stereocenters. The van der Waals surface area contributed by atoms with Crippen LogP contribution < -0.4 is 10.6 Å². The van der Waals surface area contributed by atoms with E-state index in [1.54, 1.807) is 24.5 Å². The average Bonchev–Trinajstić information content (AvgIpc) is 3.88. The normalized spacial score (nSPS) is 23.3. The van der Waals surface area contributed by atoms with Gasteiger partial charge in [-0.3, -0.25) is 54.0 Å². The van der Waals surface area contributed by atoms with Crippen molar-refractivity contribution in [2.75, 3.05) is 46.3 Å². The Morgan fingerprint density at radius 3 is 2.41 bits per heavy atom. The number of carbonyl (C=O) groups excluding carboxylic acids is 5. The van der Waals surface area contributed by atoms with Crippen molar-refractivity contribution >= 4 is 53.4 Å². The zero-order valence-electron chi connectivity index (χ0n) is 34.7. The number of aromatic nitrogens is 1. The van der Waals surface area contributed by atoms with Crippen LogP contribution >= 0.6 is 0 Å². The minimum Gasteiger partial charge on any atom is -0.357 e. The summed E-state index contributed by atoms with van der Waals surface area (Å²) in [5.74, 6) is -2.13. The van der Waals surface area contributed by atoms with Crippen molar-refractivity contribution in [1.29, 1.82) is 0 Å². The lowest BCUT2D eigenvalue weighted by molar-refractivity contribution is -0.136. The number of fused-ring (bicyclic) bond motifs is 5.